The molecule has 0 bridgehead atoms. The van der Waals surface area contributed by atoms with E-state index < -0.39 is 0 Å². The van der Waals surface area contributed by atoms with Crippen molar-refractivity contribution in [2.45, 2.75) is 51.1 Å². The van der Waals surface area contributed by atoms with Gasteiger partial charge in [-0.15, -0.1) is 0 Å². The first-order valence-electron chi connectivity index (χ1n) is 7.56. The molecule has 0 radical (unpaired) electrons. The summed E-state index contributed by atoms with van der Waals surface area (Å²) in [6.07, 6.45) is 4.46. The molecule has 19 heavy (non-hydrogen) atoms. The van der Waals surface area contributed by atoms with Crippen molar-refractivity contribution in [2.75, 3.05) is 40.3 Å². The molecular weight excluding hydrogens is 236 g/mol. The number of likely N-dealkylation sites (tertiary alicyclic amines) is 1. The molecule has 1 rings (SSSR count). The highest BCUT2D eigenvalue weighted by atomic mass is 15.2. The van der Waals surface area contributed by atoms with Gasteiger partial charge in [0.05, 0.1) is 6.07 Å². The molecule has 110 valence electrons. The zero-order valence-corrected chi connectivity index (χ0v) is 13.1. The molecule has 1 heterocycles. The summed E-state index contributed by atoms with van der Waals surface area (Å²) < 4.78 is 0. The normalized spacial score (nSPS) is 21.3. The Kier molecular flexibility index (Phi) is 6.78. The van der Waals surface area contributed by atoms with E-state index in [9.17, 15) is 5.26 Å². The Morgan fingerprint density at radius 2 is 2.05 bits per heavy atom. The van der Waals surface area contributed by atoms with Gasteiger partial charge in [0.15, 0.2) is 0 Å². The van der Waals surface area contributed by atoms with Crippen LogP contribution >= 0.6 is 0 Å². The Morgan fingerprint density at radius 3 is 2.58 bits per heavy atom. The van der Waals surface area contributed by atoms with E-state index in [2.05, 4.69) is 42.2 Å². The SMILES string of the molecule is CCCNC(C)(C#N)CCN(C)C1CCN(C)CC1. The van der Waals surface area contributed by atoms with E-state index in [0.717, 1.165) is 25.9 Å². The van der Waals surface area contributed by atoms with E-state index in [1.54, 1.807) is 0 Å². The summed E-state index contributed by atoms with van der Waals surface area (Å²) in [6.45, 7) is 8.45. The largest absolute Gasteiger partial charge is 0.306 e. The van der Waals surface area contributed by atoms with Gasteiger partial charge in [-0.3, -0.25) is 5.32 Å². The van der Waals surface area contributed by atoms with Crippen LogP contribution in [-0.2, 0) is 0 Å². The van der Waals surface area contributed by atoms with Gasteiger partial charge in [-0.2, -0.15) is 5.26 Å². The number of hydrogen-bond acceptors (Lipinski definition) is 4. The molecule has 4 nitrogen and oxygen atoms in total. The number of rotatable bonds is 7. The Hall–Kier alpha value is -0.630. The summed E-state index contributed by atoms with van der Waals surface area (Å²) in [7, 11) is 4.39. The zero-order chi connectivity index (χ0) is 14.3. The van der Waals surface area contributed by atoms with Crippen molar-refractivity contribution < 1.29 is 0 Å². The second-order valence-electron chi connectivity index (χ2n) is 6.14. The van der Waals surface area contributed by atoms with Crippen LogP contribution in [0.4, 0.5) is 0 Å². The molecule has 1 fully saturated rings. The highest BCUT2D eigenvalue weighted by Crippen LogP contribution is 2.16. The fourth-order valence-electron chi connectivity index (χ4n) is 2.60. The molecule has 0 saturated carbocycles. The number of nitrogens with zero attached hydrogens (tertiary/aromatic N) is 3. The summed E-state index contributed by atoms with van der Waals surface area (Å²) >= 11 is 0. The summed E-state index contributed by atoms with van der Waals surface area (Å²) in [4.78, 5) is 4.84. The van der Waals surface area contributed by atoms with Crippen molar-refractivity contribution in [3.8, 4) is 6.07 Å². The molecule has 1 aliphatic heterocycles. The molecule has 0 aromatic carbocycles. The van der Waals surface area contributed by atoms with Gasteiger partial charge < -0.3 is 9.80 Å². The lowest BCUT2D eigenvalue weighted by Gasteiger charge is -2.36. The van der Waals surface area contributed by atoms with Gasteiger partial charge in [0, 0.05) is 12.6 Å². The lowest BCUT2D eigenvalue weighted by Crippen LogP contribution is -2.47. The van der Waals surface area contributed by atoms with Crippen LogP contribution in [0.15, 0.2) is 0 Å². The Bertz CT molecular complexity index is 291. The van der Waals surface area contributed by atoms with Crippen molar-refractivity contribution >= 4 is 0 Å². The minimum absolute atomic E-state index is 0.379. The topological polar surface area (TPSA) is 42.3 Å². The summed E-state index contributed by atoms with van der Waals surface area (Å²) in [5.41, 5.74) is -0.379. The van der Waals surface area contributed by atoms with Gasteiger partial charge in [-0.25, -0.2) is 0 Å². The van der Waals surface area contributed by atoms with Crippen LogP contribution in [-0.4, -0.2) is 61.7 Å². The van der Waals surface area contributed by atoms with Crippen LogP contribution in [0.3, 0.4) is 0 Å². The molecule has 0 aliphatic carbocycles. The number of nitriles is 1. The van der Waals surface area contributed by atoms with E-state index in [-0.39, 0.29) is 5.54 Å². The quantitative estimate of drug-likeness (QED) is 0.761. The fraction of sp³-hybridized carbons (Fsp3) is 0.933. The maximum absolute atomic E-state index is 9.33. The summed E-state index contributed by atoms with van der Waals surface area (Å²) in [5, 5.41) is 12.7. The maximum Gasteiger partial charge on any atom is 0.105 e. The number of piperidine rings is 1. The first-order chi connectivity index (χ1) is 9.00. The molecule has 1 atom stereocenters. The summed E-state index contributed by atoms with van der Waals surface area (Å²) in [5.74, 6) is 0. The van der Waals surface area contributed by atoms with Gasteiger partial charge in [0.1, 0.15) is 5.54 Å². The molecule has 0 spiro atoms. The van der Waals surface area contributed by atoms with Crippen LogP contribution in [0.5, 0.6) is 0 Å². The third kappa shape index (κ3) is 5.48. The van der Waals surface area contributed by atoms with Crippen molar-refractivity contribution in [1.82, 2.24) is 15.1 Å². The van der Waals surface area contributed by atoms with Crippen LogP contribution in [0.25, 0.3) is 0 Å². The fourth-order valence-corrected chi connectivity index (χ4v) is 2.60. The maximum atomic E-state index is 9.33. The first kappa shape index (κ1) is 16.4. The lowest BCUT2D eigenvalue weighted by molar-refractivity contribution is 0.137. The predicted octanol–water partition coefficient (Wildman–Crippen LogP) is 1.68. The number of nitrogens with one attached hydrogen (secondary N) is 1. The van der Waals surface area contributed by atoms with Crippen LogP contribution in [0.1, 0.15) is 39.5 Å². The molecular formula is C15H30N4. The Balaban J connectivity index is 2.35. The van der Waals surface area contributed by atoms with Crippen LogP contribution < -0.4 is 5.32 Å². The minimum atomic E-state index is -0.379. The van der Waals surface area contributed by atoms with Crippen LogP contribution in [0.2, 0.25) is 0 Å². The highest BCUT2D eigenvalue weighted by molar-refractivity contribution is 5.04. The van der Waals surface area contributed by atoms with E-state index >= 15 is 0 Å². The monoisotopic (exact) mass is 266 g/mol. The molecule has 4 heteroatoms. The van der Waals surface area contributed by atoms with Gasteiger partial charge >= 0.3 is 0 Å². The first-order valence-corrected chi connectivity index (χ1v) is 7.56. The Morgan fingerprint density at radius 1 is 1.42 bits per heavy atom. The van der Waals surface area contributed by atoms with E-state index in [1.165, 1.54) is 25.9 Å². The highest BCUT2D eigenvalue weighted by Gasteiger charge is 2.26. The third-order valence-corrected chi connectivity index (χ3v) is 4.29. The van der Waals surface area contributed by atoms with E-state index in [0.29, 0.717) is 6.04 Å². The van der Waals surface area contributed by atoms with Gasteiger partial charge in [0.2, 0.25) is 0 Å². The molecule has 1 saturated heterocycles. The van der Waals surface area contributed by atoms with E-state index in [1.807, 2.05) is 6.92 Å². The Labute approximate surface area is 118 Å². The van der Waals surface area contributed by atoms with Crippen LogP contribution in [0, 0.1) is 11.3 Å². The second-order valence-corrected chi connectivity index (χ2v) is 6.14. The minimum Gasteiger partial charge on any atom is -0.306 e. The smallest absolute Gasteiger partial charge is 0.105 e. The molecule has 1 unspecified atom stereocenters. The van der Waals surface area contributed by atoms with Crippen molar-refractivity contribution in [1.29, 1.82) is 5.26 Å². The number of hydrogen-bond donors (Lipinski definition) is 1. The van der Waals surface area contributed by atoms with Crippen molar-refractivity contribution in [3.05, 3.63) is 0 Å². The molecule has 1 N–H and O–H groups in total. The molecule has 0 aromatic rings. The molecule has 0 aromatic heterocycles. The van der Waals surface area contributed by atoms with Gasteiger partial charge in [0.25, 0.3) is 0 Å². The molecule has 1 aliphatic rings. The van der Waals surface area contributed by atoms with Gasteiger partial charge in [-0.1, -0.05) is 6.92 Å². The average molecular weight is 266 g/mol. The molecule has 0 amide bonds. The zero-order valence-electron chi connectivity index (χ0n) is 13.1. The van der Waals surface area contributed by atoms with Crippen molar-refractivity contribution in [2.24, 2.45) is 0 Å². The average Bonchev–Trinajstić information content (AvgIpc) is 2.43. The van der Waals surface area contributed by atoms with Gasteiger partial charge in [-0.05, 0) is 66.3 Å². The standard InChI is InChI=1S/C15H30N4/c1-5-9-17-15(2,13-16)8-12-19(4)14-6-10-18(3)11-7-14/h14,17H,5-12H2,1-4H3. The second kappa shape index (κ2) is 7.84. The summed E-state index contributed by atoms with van der Waals surface area (Å²) in [6, 6.07) is 3.12. The van der Waals surface area contributed by atoms with Crippen molar-refractivity contribution in [3.63, 3.8) is 0 Å². The predicted molar refractivity (Wildman–Crippen MR) is 80.1 cm³/mol. The van der Waals surface area contributed by atoms with E-state index in [4.69, 9.17) is 0 Å². The lowest BCUT2D eigenvalue weighted by atomic mass is 9.97. The third-order valence-electron chi connectivity index (χ3n) is 4.29.